The predicted octanol–water partition coefficient (Wildman–Crippen LogP) is 4.76. The number of amides is 1. The van der Waals surface area contributed by atoms with Crippen molar-refractivity contribution in [2.24, 2.45) is 0 Å². The minimum Gasteiger partial charge on any atom is -0.490 e. The van der Waals surface area contributed by atoms with Crippen LogP contribution in [-0.2, 0) is 13.0 Å². The second-order valence-corrected chi connectivity index (χ2v) is 10.7. The molecule has 1 atom stereocenters. The van der Waals surface area contributed by atoms with E-state index >= 15 is 0 Å². The van der Waals surface area contributed by atoms with Crippen LogP contribution in [0.5, 0.6) is 17.2 Å². The van der Waals surface area contributed by atoms with E-state index < -0.39 is 5.82 Å². The van der Waals surface area contributed by atoms with Crippen molar-refractivity contribution in [2.75, 3.05) is 24.5 Å². The van der Waals surface area contributed by atoms with Crippen LogP contribution in [0.4, 0.5) is 10.2 Å². The Morgan fingerprint density at radius 1 is 1.18 bits per heavy atom. The lowest BCUT2D eigenvalue weighted by molar-refractivity contribution is 0.0713. The Bertz CT molecular complexity index is 1340. The first-order chi connectivity index (χ1) is 19.3. The number of halogens is 1. The van der Waals surface area contributed by atoms with Crippen molar-refractivity contribution in [3.8, 4) is 17.2 Å². The molecule has 0 radical (unpaired) electrons. The third-order valence-electron chi connectivity index (χ3n) is 7.54. The van der Waals surface area contributed by atoms with Crippen molar-refractivity contribution in [1.29, 1.82) is 0 Å². The number of carbonyl (C=O) groups is 1. The Morgan fingerprint density at radius 3 is 2.73 bits per heavy atom. The molecule has 1 N–H and O–H groups in total. The molecular weight excluding hydrogens is 511 g/mol. The third kappa shape index (κ3) is 6.01. The van der Waals surface area contributed by atoms with Gasteiger partial charge in [0.1, 0.15) is 29.7 Å². The van der Waals surface area contributed by atoms with Gasteiger partial charge in [0.15, 0.2) is 11.6 Å². The average molecular weight is 549 g/mol. The summed E-state index contributed by atoms with van der Waals surface area (Å²) in [5.41, 5.74) is 2.43. The summed E-state index contributed by atoms with van der Waals surface area (Å²) in [6.07, 6.45) is 7.49. The molecule has 0 aliphatic carbocycles. The number of piperidine rings is 1. The van der Waals surface area contributed by atoms with Gasteiger partial charge in [-0.1, -0.05) is 0 Å². The van der Waals surface area contributed by atoms with E-state index in [-0.39, 0.29) is 29.4 Å². The quantitative estimate of drug-likeness (QED) is 0.431. The van der Waals surface area contributed by atoms with Crippen LogP contribution in [0, 0.1) is 5.82 Å². The zero-order chi connectivity index (χ0) is 28.2. The van der Waals surface area contributed by atoms with Gasteiger partial charge in [0, 0.05) is 69.3 Å². The third-order valence-corrected chi connectivity index (χ3v) is 7.54. The lowest BCUT2D eigenvalue weighted by atomic mass is 10.0. The molecule has 1 amide bonds. The second-order valence-electron chi connectivity index (χ2n) is 10.7. The van der Waals surface area contributed by atoms with E-state index in [2.05, 4.69) is 32.1 Å². The molecule has 2 aliphatic rings. The van der Waals surface area contributed by atoms with Gasteiger partial charge < -0.3 is 24.6 Å². The van der Waals surface area contributed by atoms with Crippen LogP contribution in [0.2, 0.25) is 0 Å². The first-order valence-corrected chi connectivity index (χ1v) is 14.0. The van der Waals surface area contributed by atoms with Gasteiger partial charge in [0.05, 0.1) is 17.5 Å². The van der Waals surface area contributed by atoms with Crippen LogP contribution in [0.25, 0.3) is 0 Å². The number of anilines is 1. The number of benzene rings is 1. The number of rotatable bonds is 8. The van der Waals surface area contributed by atoms with Gasteiger partial charge in [-0.25, -0.2) is 14.4 Å². The lowest BCUT2D eigenvalue weighted by Crippen LogP contribution is -2.39. The molecule has 0 bridgehead atoms. The molecule has 2 aliphatic heterocycles. The lowest BCUT2D eigenvalue weighted by Gasteiger charge is -2.34. The predicted molar refractivity (Wildman–Crippen MR) is 150 cm³/mol. The number of aromatic nitrogens is 3. The molecule has 3 aromatic rings. The molecule has 0 unspecified atom stereocenters. The van der Waals surface area contributed by atoms with Crippen LogP contribution in [0.1, 0.15) is 62.2 Å². The normalized spacial score (nSPS) is 17.4. The molecule has 0 saturated carbocycles. The van der Waals surface area contributed by atoms with Gasteiger partial charge in [-0.15, -0.1) is 0 Å². The van der Waals surface area contributed by atoms with Gasteiger partial charge in [0.2, 0.25) is 0 Å². The molecule has 40 heavy (non-hydrogen) atoms. The molecular formula is C30H37FN6O3. The van der Waals surface area contributed by atoms with Gasteiger partial charge in [-0.3, -0.25) is 9.78 Å². The maximum absolute atomic E-state index is 14.2. The maximum atomic E-state index is 14.2. The highest BCUT2D eigenvalue weighted by molar-refractivity contribution is 5.97. The van der Waals surface area contributed by atoms with Gasteiger partial charge in [0.25, 0.3) is 5.91 Å². The highest BCUT2D eigenvalue weighted by Gasteiger charge is 2.28. The smallest absolute Gasteiger partial charge is 0.257 e. The number of carbonyl (C=O) groups excluding carboxylic acids is 1. The summed E-state index contributed by atoms with van der Waals surface area (Å²) >= 11 is 0. The van der Waals surface area contributed by atoms with E-state index in [1.165, 1.54) is 24.5 Å². The van der Waals surface area contributed by atoms with Crippen LogP contribution >= 0.6 is 0 Å². The zero-order valence-electron chi connectivity index (χ0n) is 23.6. The van der Waals surface area contributed by atoms with Crippen LogP contribution < -0.4 is 19.7 Å². The summed E-state index contributed by atoms with van der Waals surface area (Å²) in [6, 6.07) is 6.33. The number of pyridine rings is 1. The number of hydrogen-bond donors (Lipinski definition) is 1. The van der Waals surface area contributed by atoms with Gasteiger partial charge >= 0.3 is 0 Å². The van der Waals surface area contributed by atoms with E-state index in [1.807, 2.05) is 33.0 Å². The Morgan fingerprint density at radius 2 is 1.98 bits per heavy atom. The number of nitrogens with zero attached hydrogens (tertiary/aromatic N) is 5. The Hall–Kier alpha value is -3.79. The minimum atomic E-state index is -0.497. The SMILES string of the molecule is CCN(C(=O)c1cc(F)ccc1Oc1cncnc1N1CCC(Oc2ccnc3c2CN[C@H](C)C3)CC1)C(C)C. The molecule has 1 aromatic carbocycles. The Kier molecular flexibility index (Phi) is 8.44. The van der Waals surface area contributed by atoms with Crippen molar-refractivity contribution < 1.29 is 18.7 Å². The number of fused-ring (bicyclic) bond motifs is 1. The first kappa shape index (κ1) is 27.8. The molecule has 4 heterocycles. The van der Waals surface area contributed by atoms with Crippen molar-refractivity contribution in [2.45, 2.75) is 71.7 Å². The fourth-order valence-corrected chi connectivity index (χ4v) is 5.39. The highest BCUT2D eigenvalue weighted by atomic mass is 19.1. The first-order valence-electron chi connectivity index (χ1n) is 14.0. The number of hydrogen-bond acceptors (Lipinski definition) is 8. The van der Waals surface area contributed by atoms with Crippen molar-refractivity contribution in [3.05, 3.63) is 65.6 Å². The monoisotopic (exact) mass is 548 g/mol. The number of nitrogens with one attached hydrogen (secondary N) is 1. The van der Waals surface area contributed by atoms with E-state index in [9.17, 15) is 9.18 Å². The van der Waals surface area contributed by atoms with E-state index in [1.54, 1.807) is 11.1 Å². The average Bonchev–Trinajstić information content (AvgIpc) is 2.95. The molecule has 9 nitrogen and oxygen atoms in total. The molecule has 0 spiro atoms. The van der Waals surface area contributed by atoms with Crippen LogP contribution in [0.3, 0.4) is 0 Å². The minimum absolute atomic E-state index is 0.0368. The summed E-state index contributed by atoms with van der Waals surface area (Å²) in [5.74, 6) is 1.44. The standard InChI is InChI=1S/C30H37FN6O3/c1-5-37(19(2)3)30(38)23-15-21(31)6-7-26(23)40-28-17-32-18-35-29(28)36-12-9-22(10-13-36)39-27-8-11-33-25-14-20(4)34-16-24(25)27/h6-8,11,15,17-20,22,34H,5,9-10,12-14,16H2,1-4H3/t20-/m1/s1. The number of ether oxygens (including phenoxy) is 2. The molecule has 10 heteroatoms. The van der Waals surface area contributed by atoms with E-state index in [4.69, 9.17) is 9.47 Å². The summed E-state index contributed by atoms with van der Waals surface area (Å²) in [4.78, 5) is 30.3. The second kappa shape index (κ2) is 12.2. The van der Waals surface area contributed by atoms with Crippen molar-refractivity contribution >= 4 is 11.7 Å². The summed E-state index contributed by atoms with van der Waals surface area (Å²) in [7, 11) is 0. The highest BCUT2D eigenvalue weighted by Crippen LogP contribution is 2.35. The molecule has 2 aromatic heterocycles. The van der Waals surface area contributed by atoms with Crippen LogP contribution in [-0.4, -0.2) is 63.6 Å². The van der Waals surface area contributed by atoms with Gasteiger partial charge in [-0.2, -0.15) is 0 Å². The zero-order valence-corrected chi connectivity index (χ0v) is 23.6. The summed E-state index contributed by atoms with van der Waals surface area (Å²) in [5, 5.41) is 3.50. The van der Waals surface area contributed by atoms with E-state index in [0.29, 0.717) is 37.2 Å². The maximum Gasteiger partial charge on any atom is 0.257 e. The fraction of sp³-hybridized carbons (Fsp3) is 0.467. The molecule has 1 saturated heterocycles. The Labute approximate surface area is 234 Å². The summed E-state index contributed by atoms with van der Waals surface area (Å²) < 4.78 is 26.9. The van der Waals surface area contributed by atoms with Crippen molar-refractivity contribution in [1.82, 2.24) is 25.2 Å². The van der Waals surface area contributed by atoms with Gasteiger partial charge in [-0.05, 0) is 52.0 Å². The molecule has 212 valence electrons. The van der Waals surface area contributed by atoms with E-state index in [0.717, 1.165) is 42.8 Å². The fourth-order valence-electron chi connectivity index (χ4n) is 5.39. The van der Waals surface area contributed by atoms with Crippen LogP contribution in [0.15, 0.2) is 43.0 Å². The molecule has 1 fully saturated rings. The largest absolute Gasteiger partial charge is 0.490 e. The Balaban J connectivity index is 1.30. The summed E-state index contributed by atoms with van der Waals surface area (Å²) in [6.45, 7) is 10.6. The van der Waals surface area contributed by atoms with Crippen molar-refractivity contribution in [3.63, 3.8) is 0 Å². The topological polar surface area (TPSA) is 92.7 Å². The molecule has 5 rings (SSSR count).